The molecule has 2 aromatic heterocycles. The molecule has 1 fully saturated rings. The number of carbonyl (C=O) groups is 2. The van der Waals surface area contributed by atoms with Gasteiger partial charge in [0.15, 0.2) is 17.3 Å². The van der Waals surface area contributed by atoms with E-state index in [-0.39, 0.29) is 29.1 Å². The number of amides is 1. The van der Waals surface area contributed by atoms with Gasteiger partial charge >= 0.3 is 0 Å². The Balaban J connectivity index is 1.19. The molecule has 9 heteroatoms. The lowest BCUT2D eigenvalue weighted by Gasteiger charge is -2.32. The van der Waals surface area contributed by atoms with Crippen LogP contribution < -0.4 is 10.5 Å². The lowest BCUT2D eigenvalue weighted by Crippen LogP contribution is -2.36. The SMILES string of the molecule is CC(=O)N1CCC(c2cc3c(cc2C)C=C(C(=O)c2cnn(-c4cnc(Oc5ccccc5F)cc4C)c2N)C3)CC1. The first-order valence-electron chi connectivity index (χ1n) is 14.1. The predicted octanol–water partition coefficient (Wildman–Crippen LogP) is 5.95. The number of halogens is 1. The number of pyridine rings is 1. The number of fused-ring (bicyclic) bond motifs is 1. The fourth-order valence-corrected chi connectivity index (χ4v) is 5.96. The summed E-state index contributed by atoms with van der Waals surface area (Å²) in [6.45, 7) is 7.14. The number of para-hydroxylation sites is 1. The molecule has 214 valence electrons. The minimum Gasteiger partial charge on any atom is -0.436 e. The van der Waals surface area contributed by atoms with Crippen molar-refractivity contribution in [2.75, 3.05) is 18.8 Å². The average molecular weight is 566 g/mol. The van der Waals surface area contributed by atoms with Gasteiger partial charge in [-0.15, -0.1) is 0 Å². The number of hydrogen-bond donors (Lipinski definition) is 1. The van der Waals surface area contributed by atoms with Crippen molar-refractivity contribution in [2.24, 2.45) is 0 Å². The molecule has 0 bridgehead atoms. The van der Waals surface area contributed by atoms with Crippen molar-refractivity contribution in [3.05, 3.63) is 99.6 Å². The third kappa shape index (κ3) is 5.06. The fourth-order valence-electron chi connectivity index (χ4n) is 5.96. The number of anilines is 1. The monoisotopic (exact) mass is 565 g/mol. The molecular weight excluding hydrogens is 533 g/mol. The summed E-state index contributed by atoms with van der Waals surface area (Å²) in [5.41, 5.74) is 13.5. The number of rotatable bonds is 6. The van der Waals surface area contributed by atoms with E-state index in [0.29, 0.717) is 29.2 Å². The van der Waals surface area contributed by atoms with Crippen LogP contribution in [-0.2, 0) is 11.2 Å². The number of ether oxygens (including phenoxy) is 1. The zero-order valence-electron chi connectivity index (χ0n) is 23.9. The van der Waals surface area contributed by atoms with E-state index >= 15 is 0 Å². The van der Waals surface area contributed by atoms with Crippen LogP contribution in [0.15, 0.2) is 60.4 Å². The molecular formula is C33H32FN5O3. The highest BCUT2D eigenvalue weighted by atomic mass is 19.1. The second-order valence-corrected chi connectivity index (χ2v) is 11.1. The second-order valence-electron chi connectivity index (χ2n) is 11.1. The molecule has 6 rings (SSSR count). The molecule has 0 radical (unpaired) electrons. The van der Waals surface area contributed by atoms with Crippen molar-refractivity contribution in [1.29, 1.82) is 0 Å². The number of benzene rings is 2. The van der Waals surface area contributed by atoms with Gasteiger partial charge in [0.25, 0.3) is 0 Å². The highest BCUT2D eigenvalue weighted by molar-refractivity contribution is 6.15. The summed E-state index contributed by atoms with van der Waals surface area (Å²) in [6, 6.07) is 12.2. The number of aryl methyl sites for hydroxylation is 2. The quantitative estimate of drug-likeness (QED) is 0.290. The Morgan fingerprint density at radius 3 is 2.52 bits per heavy atom. The normalized spacial score (nSPS) is 15.0. The first kappa shape index (κ1) is 27.4. The second kappa shape index (κ2) is 10.9. The summed E-state index contributed by atoms with van der Waals surface area (Å²) in [6.07, 6.45) is 7.40. The van der Waals surface area contributed by atoms with Crippen LogP contribution in [0.5, 0.6) is 11.6 Å². The molecule has 8 nitrogen and oxygen atoms in total. The van der Waals surface area contributed by atoms with Crippen LogP contribution in [0.1, 0.15) is 63.9 Å². The highest BCUT2D eigenvalue weighted by Gasteiger charge is 2.28. The molecule has 1 aliphatic carbocycles. The summed E-state index contributed by atoms with van der Waals surface area (Å²) < 4.78 is 21.1. The van der Waals surface area contributed by atoms with Gasteiger partial charge in [-0.3, -0.25) is 9.59 Å². The lowest BCUT2D eigenvalue weighted by atomic mass is 9.85. The molecule has 42 heavy (non-hydrogen) atoms. The molecule has 0 unspecified atom stereocenters. The smallest absolute Gasteiger partial charge is 0.219 e. The van der Waals surface area contributed by atoms with E-state index in [1.165, 1.54) is 34.1 Å². The van der Waals surface area contributed by atoms with Gasteiger partial charge in [-0.1, -0.05) is 24.3 Å². The van der Waals surface area contributed by atoms with Crippen LogP contribution in [0.2, 0.25) is 0 Å². The van der Waals surface area contributed by atoms with Crippen molar-refractivity contribution in [2.45, 2.75) is 46.0 Å². The van der Waals surface area contributed by atoms with Gasteiger partial charge in [0, 0.05) is 38.1 Å². The summed E-state index contributed by atoms with van der Waals surface area (Å²) in [5, 5.41) is 4.40. The summed E-state index contributed by atoms with van der Waals surface area (Å²) in [7, 11) is 0. The van der Waals surface area contributed by atoms with Crippen LogP contribution in [-0.4, -0.2) is 44.4 Å². The Hall–Kier alpha value is -4.79. The van der Waals surface area contributed by atoms with Gasteiger partial charge in [0.05, 0.1) is 23.6 Å². The van der Waals surface area contributed by atoms with Gasteiger partial charge in [-0.05, 0) is 78.6 Å². The third-order valence-corrected chi connectivity index (χ3v) is 8.30. The fraction of sp³-hybridized carbons (Fsp3) is 0.273. The van der Waals surface area contributed by atoms with Crippen molar-refractivity contribution < 1.29 is 18.7 Å². The summed E-state index contributed by atoms with van der Waals surface area (Å²) >= 11 is 0. The number of nitrogens with zero attached hydrogens (tertiary/aromatic N) is 4. The molecule has 1 amide bonds. The zero-order chi connectivity index (χ0) is 29.5. The van der Waals surface area contributed by atoms with E-state index in [4.69, 9.17) is 10.5 Å². The maximum Gasteiger partial charge on any atom is 0.219 e. The minimum absolute atomic E-state index is 0.0788. The molecule has 4 aromatic rings. The number of nitrogen functional groups attached to an aromatic ring is 1. The van der Waals surface area contributed by atoms with Crippen LogP contribution in [0.4, 0.5) is 10.2 Å². The molecule has 1 saturated heterocycles. The molecule has 1 aliphatic heterocycles. The molecule has 2 aromatic carbocycles. The van der Waals surface area contributed by atoms with Gasteiger partial charge in [0.2, 0.25) is 11.8 Å². The number of hydrogen-bond acceptors (Lipinski definition) is 6. The van der Waals surface area contributed by atoms with Crippen molar-refractivity contribution in [3.8, 4) is 17.3 Å². The number of piperidine rings is 1. The first-order chi connectivity index (χ1) is 20.2. The number of likely N-dealkylation sites (tertiary alicyclic amines) is 1. The Bertz CT molecular complexity index is 1750. The zero-order valence-corrected chi connectivity index (χ0v) is 23.9. The topological polar surface area (TPSA) is 103 Å². The predicted molar refractivity (Wildman–Crippen MR) is 158 cm³/mol. The number of ketones is 1. The number of nitrogens with two attached hydrogens (primary N) is 1. The van der Waals surface area contributed by atoms with E-state index in [0.717, 1.165) is 42.6 Å². The van der Waals surface area contributed by atoms with Crippen molar-refractivity contribution >= 4 is 23.6 Å². The van der Waals surface area contributed by atoms with Crippen LogP contribution >= 0.6 is 0 Å². The first-order valence-corrected chi connectivity index (χ1v) is 14.1. The van der Waals surface area contributed by atoms with E-state index in [9.17, 15) is 14.0 Å². The minimum atomic E-state index is -0.481. The molecule has 0 spiro atoms. The lowest BCUT2D eigenvalue weighted by molar-refractivity contribution is -0.129. The van der Waals surface area contributed by atoms with Gasteiger partial charge in [0.1, 0.15) is 5.82 Å². The molecule has 2 aliphatic rings. The van der Waals surface area contributed by atoms with Crippen LogP contribution in [0, 0.1) is 19.7 Å². The maximum atomic E-state index is 14.0. The van der Waals surface area contributed by atoms with E-state index < -0.39 is 5.82 Å². The van der Waals surface area contributed by atoms with Gasteiger partial charge < -0.3 is 15.4 Å². The van der Waals surface area contributed by atoms with Crippen molar-refractivity contribution in [3.63, 3.8) is 0 Å². The number of aromatic nitrogens is 3. The highest BCUT2D eigenvalue weighted by Crippen LogP contribution is 2.36. The average Bonchev–Trinajstić information content (AvgIpc) is 3.56. The molecule has 0 saturated carbocycles. The van der Waals surface area contributed by atoms with Crippen LogP contribution in [0.3, 0.4) is 0 Å². The Morgan fingerprint density at radius 2 is 1.81 bits per heavy atom. The Labute approximate surface area is 243 Å². The summed E-state index contributed by atoms with van der Waals surface area (Å²) in [4.78, 5) is 31.6. The Morgan fingerprint density at radius 1 is 1.05 bits per heavy atom. The van der Waals surface area contributed by atoms with E-state index in [2.05, 4.69) is 29.1 Å². The Kier molecular flexibility index (Phi) is 7.10. The summed E-state index contributed by atoms with van der Waals surface area (Å²) in [5.74, 6) is 0.426. The van der Waals surface area contributed by atoms with E-state index in [1.54, 1.807) is 31.3 Å². The standard InChI is InChI=1S/C33H32FN5O3/c1-19-12-23-14-25(15-24(23)16-26(19)22-8-10-38(11-9-22)21(3)40)32(41)27-17-37-39(33(27)35)29-18-36-31(13-20(29)2)42-30-7-5-4-6-28(30)34/h4-7,12-14,16-18,22H,8-11,15,35H2,1-3H3. The largest absolute Gasteiger partial charge is 0.436 e. The number of carbonyl (C=O) groups excluding carboxylic acids is 2. The maximum absolute atomic E-state index is 14.0. The van der Waals surface area contributed by atoms with Crippen molar-refractivity contribution in [1.82, 2.24) is 19.7 Å². The molecule has 0 atom stereocenters. The number of allylic oxidation sites excluding steroid dienone is 1. The van der Waals surface area contributed by atoms with Gasteiger partial charge in [-0.2, -0.15) is 5.10 Å². The number of Topliss-reactive ketones (excluding diaryl/α,β-unsaturated/α-hetero) is 1. The third-order valence-electron chi connectivity index (χ3n) is 8.30. The van der Waals surface area contributed by atoms with Crippen LogP contribution in [0.25, 0.3) is 11.8 Å². The molecule has 3 heterocycles. The molecule has 2 N–H and O–H groups in total. The van der Waals surface area contributed by atoms with Gasteiger partial charge in [-0.25, -0.2) is 14.1 Å². The van der Waals surface area contributed by atoms with E-state index in [1.807, 2.05) is 17.9 Å².